The van der Waals surface area contributed by atoms with Crippen molar-refractivity contribution in [1.29, 1.82) is 0 Å². The van der Waals surface area contributed by atoms with Crippen LogP contribution in [-0.2, 0) is 6.54 Å². The van der Waals surface area contributed by atoms with Crippen molar-refractivity contribution < 1.29 is 0 Å². The molecule has 0 fully saturated rings. The molecule has 0 atom stereocenters. The van der Waals surface area contributed by atoms with Gasteiger partial charge in [0.15, 0.2) is 0 Å². The average molecular weight is 358 g/mol. The fourth-order valence-electron chi connectivity index (χ4n) is 2.28. The zero-order valence-electron chi connectivity index (χ0n) is 11.8. The predicted molar refractivity (Wildman–Crippen MR) is 95.5 cm³/mol. The summed E-state index contributed by atoms with van der Waals surface area (Å²) in [6.45, 7) is 3.01. The van der Waals surface area contributed by atoms with Gasteiger partial charge >= 0.3 is 0 Å². The van der Waals surface area contributed by atoms with Gasteiger partial charge in [-0.15, -0.1) is 0 Å². The molecule has 0 radical (unpaired) electrons. The molecule has 0 aliphatic heterocycles. The number of hydrogen-bond donors (Lipinski definition) is 1. The maximum absolute atomic E-state index is 3.47. The maximum Gasteiger partial charge on any atom is 0.0335 e. The number of halogens is 1. The van der Waals surface area contributed by atoms with Crippen LogP contribution in [-0.4, -0.2) is 0 Å². The predicted octanol–water partition coefficient (Wildman–Crippen LogP) is 5.71. The van der Waals surface area contributed by atoms with Crippen molar-refractivity contribution in [3.63, 3.8) is 0 Å². The zero-order chi connectivity index (χ0) is 14.7. The molecule has 0 aromatic heterocycles. The van der Waals surface area contributed by atoms with E-state index in [2.05, 4.69) is 88.2 Å². The molecule has 3 heteroatoms. The van der Waals surface area contributed by atoms with Gasteiger partial charge in [0, 0.05) is 15.9 Å². The van der Waals surface area contributed by atoms with Gasteiger partial charge in [-0.25, -0.2) is 0 Å². The van der Waals surface area contributed by atoms with Crippen molar-refractivity contribution in [2.75, 3.05) is 0 Å². The van der Waals surface area contributed by atoms with E-state index in [9.17, 15) is 0 Å². The summed E-state index contributed by atoms with van der Waals surface area (Å²) in [7, 11) is 0. The van der Waals surface area contributed by atoms with Crippen LogP contribution in [0.1, 0.15) is 11.1 Å². The Balaban J connectivity index is 1.76. The fraction of sp³-hybridized carbons (Fsp3) is 0.111. The Kier molecular flexibility index (Phi) is 4.63. The van der Waals surface area contributed by atoms with E-state index < -0.39 is 0 Å². The molecule has 0 saturated heterocycles. The minimum absolute atomic E-state index is 0.848. The molecule has 0 aliphatic rings. The standard InChI is InChI=1S/C18H16BrNS/c1-13-6-9-15-4-2-3-5-17(15)18(13)21-20-12-14-7-10-16(19)11-8-14/h2-11,20H,12H2,1H3. The highest BCUT2D eigenvalue weighted by atomic mass is 79.9. The largest absolute Gasteiger partial charge is 0.255 e. The van der Waals surface area contributed by atoms with Crippen LogP contribution >= 0.6 is 27.9 Å². The Bertz CT molecular complexity index is 753. The fourth-order valence-corrected chi connectivity index (χ4v) is 3.45. The number of fused-ring (bicyclic) bond motifs is 1. The lowest BCUT2D eigenvalue weighted by atomic mass is 10.1. The van der Waals surface area contributed by atoms with Crippen LogP contribution in [0, 0.1) is 6.92 Å². The first kappa shape index (κ1) is 14.6. The number of benzene rings is 3. The highest BCUT2D eigenvalue weighted by molar-refractivity contribution is 9.10. The lowest BCUT2D eigenvalue weighted by Gasteiger charge is -2.10. The molecule has 106 valence electrons. The van der Waals surface area contributed by atoms with Gasteiger partial charge in [-0.3, -0.25) is 4.72 Å². The van der Waals surface area contributed by atoms with E-state index in [0.29, 0.717) is 0 Å². The first-order valence-electron chi connectivity index (χ1n) is 6.86. The Morgan fingerprint density at radius 2 is 1.71 bits per heavy atom. The molecular weight excluding hydrogens is 342 g/mol. The second kappa shape index (κ2) is 6.65. The minimum atomic E-state index is 0.848. The van der Waals surface area contributed by atoms with Gasteiger partial charge in [-0.05, 0) is 52.9 Å². The summed E-state index contributed by atoms with van der Waals surface area (Å²) in [6.07, 6.45) is 0. The SMILES string of the molecule is Cc1ccc2ccccc2c1SNCc1ccc(Br)cc1. The number of rotatable bonds is 4. The summed E-state index contributed by atoms with van der Waals surface area (Å²) in [6, 6.07) is 21.3. The van der Waals surface area contributed by atoms with Crippen molar-refractivity contribution in [2.24, 2.45) is 0 Å². The molecular formula is C18H16BrNS. The van der Waals surface area contributed by atoms with E-state index in [-0.39, 0.29) is 0 Å². The minimum Gasteiger partial charge on any atom is -0.255 e. The van der Waals surface area contributed by atoms with Crippen molar-refractivity contribution in [3.8, 4) is 0 Å². The van der Waals surface area contributed by atoms with Crippen LogP contribution in [0.4, 0.5) is 0 Å². The highest BCUT2D eigenvalue weighted by Gasteiger charge is 2.05. The van der Waals surface area contributed by atoms with Gasteiger partial charge in [0.1, 0.15) is 0 Å². The summed E-state index contributed by atoms with van der Waals surface area (Å²) in [5.41, 5.74) is 2.59. The van der Waals surface area contributed by atoms with E-state index in [1.807, 2.05) is 0 Å². The van der Waals surface area contributed by atoms with Crippen LogP contribution in [0.5, 0.6) is 0 Å². The number of hydrogen-bond acceptors (Lipinski definition) is 2. The average Bonchev–Trinajstić information content (AvgIpc) is 2.51. The summed E-state index contributed by atoms with van der Waals surface area (Å²) >= 11 is 5.18. The third kappa shape index (κ3) is 3.49. The molecule has 0 amide bonds. The molecule has 0 heterocycles. The first-order valence-corrected chi connectivity index (χ1v) is 8.47. The molecule has 1 nitrogen and oxygen atoms in total. The van der Waals surface area contributed by atoms with E-state index in [1.54, 1.807) is 11.9 Å². The van der Waals surface area contributed by atoms with Gasteiger partial charge in [-0.2, -0.15) is 0 Å². The Morgan fingerprint density at radius 1 is 0.952 bits per heavy atom. The van der Waals surface area contributed by atoms with E-state index in [4.69, 9.17) is 0 Å². The molecule has 1 N–H and O–H groups in total. The normalized spacial score (nSPS) is 11.0. The molecule has 0 unspecified atom stereocenters. The molecule has 0 aliphatic carbocycles. The lowest BCUT2D eigenvalue weighted by molar-refractivity contribution is 0.974. The van der Waals surface area contributed by atoms with Crippen LogP contribution in [0.2, 0.25) is 0 Å². The van der Waals surface area contributed by atoms with Crippen molar-refractivity contribution >= 4 is 38.7 Å². The quantitative estimate of drug-likeness (QED) is 0.600. The topological polar surface area (TPSA) is 12.0 Å². The van der Waals surface area contributed by atoms with Crippen molar-refractivity contribution in [2.45, 2.75) is 18.4 Å². The molecule has 3 aromatic carbocycles. The van der Waals surface area contributed by atoms with Crippen LogP contribution in [0.25, 0.3) is 10.8 Å². The smallest absolute Gasteiger partial charge is 0.0335 e. The van der Waals surface area contributed by atoms with Crippen molar-refractivity contribution in [3.05, 3.63) is 76.3 Å². The maximum atomic E-state index is 3.47. The van der Waals surface area contributed by atoms with E-state index in [0.717, 1.165) is 11.0 Å². The third-order valence-electron chi connectivity index (χ3n) is 3.44. The highest BCUT2D eigenvalue weighted by Crippen LogP contribution is 2.29. The second-order valence-electron chi connectivity index (χ2n) is 4.98. The molecule has 0 bridgehead atoms. The van der Waals surface area contributed by atoms with Gasteiger partial charge in [0.05, 0.1) is 0 Å². The Labute approximate surface area is 138 Å². The molecule has 3 aromatic rings. The second-order valence-corrected chi connectivity index (χ2v) is 6.80. The molecule has 0 saturated carbocycles. The van der Waals surface area contributed by atoms with Crippen LogP contribution < -0.4 is 4.72 Å². The van der Waals surface area contributed by atoms with Gasteiger partial charge in [-0.1, -0.05) is 64.5 Å². The number of nitrogens with one attached hydrogen (secondary N) is 1. The summed E-state index contributed by atoms with van der Waals surface area (Å²) in [5.74, 6) is 0. The summed E-state index contributed by atoms with van der Waals surface area (Å²) < 4.78 is 4.59. The Morgan fingerprint density at radius 3 is 2.52 bits per heavy atom. The Hall–Kier alpha value is -1.29. The van der Waals surface area contributed by atoms with Crippen molar-refractivity contribution in [1.82, 2.24) is 4.72 Å². The van der Waals surface area contributed by atoms with E-state index in [1.165, 1.54) is 26.8 Å². The van der Waals surface area contributed by atoms with E-state index >= 15 is 0 Å². The monoisotopic (exact) mass is 357 g/mol. The van der Waals surface area contributed by atoms with Gasteiger partial charge in [0.25, 0.3) is 0 Å². The lowest BCUT2D eigenvalue weighted by Crippen LogP contribution is -2.03. The van der Waals surface area contributed by atoms with Crippen LogP contribution in [0.15, 0.2) is 70.0 Å². The molecule has 21 heavy (non-hydrogen) atoms. The van der Waals surface area contributed by atoms with Gasteiger partial charge < -0.3 is 0 Å². The third-order valence-corrected chi connectivity index (χ3v) is 5.00. The number of aryl methyl sites for hydroxylation is 1. The first-order chi connectivity index (χ1) is 10.2. The molecule has 3 rings (SSSR count). The summed E-state index contributed by atoms with van der Waals surface area (Å²) in [4.78, 5) is 1.31. The summed E-state index contributed by atoms with van der Waals surface area (Å²) in [5, 5.41) is 2.60. The zero-order valence-corrected chi connectivity index (χ0v) is 14.2. The van der Waals surface area contributed by atoms with Gasteiger partial charge in [0.2, 0.25) is 0 Å². The molecule has 0 spiro atoms. The van der Waals surface area contributed by atoms with Crippen LogP contribution in [0.3, 0.4) is 0 Å².